The Bertz CT molecular complexity index is 628. The Balaban J connectivity index is 2.29. The van der Waals surface area contributed by atoms with Crippen molar-refractivity contribution in [3.8, 4) is 16.3 Å². The zero-order chi connectivity index (χ0) is 15.4. The van der Waals surface area contributed by atoms with Crippen LogP contribution in [-0.4, -0.2) is 29.8 Å². The van der Waals surface area contributed by atoms with E-state index in [0.29, 0.717) is 16.3 Å². The number of alkyl halides is 2. The van der Waals surface area contributed by atoms with Crippen LogP contribution in [0, 0.1) is 0 Å². The molecule has 2 rings (SSSR count). The van der Waals surface area contributed by atoms with Crippen LogP contribution in [0.2, 0.25) is 0 Å². The van der Waals surface area contributed by atoms with Crippen LogP contribution in [0.25, 0.3) is 10.6 Å². The van der Waals surface area contributed by atoms with Gasteiger partial charge in [0, 0.05) is 12.7 Å². The molecule has 0 saturated carbocycles. The second-order valence-corrected chi connectivity index (χ2v) is 4.93. The first kappa shape index (κ1) is 15.3. The Morgan fingerprint density at radius 3 is 2.57 bits per heavy atom. The van der Waals surface area contributed by atoms with Crippen LogP contribution in [0.3, 0.4) is 0 Å². The summed E-state index contributed by atoms with van der Waals surface area (Å²) < 4.78 is 33.3. The predicted molar refractivity (Wildman–Crippen MR) is 71.9 cm³/mol. The van der Waals surface area contributed by atoms with Crippen molar-refractivity contribution in [2.24, 2.45) is 0 Å². The van der Waals surface area contributed by atoms with E-state index in [1.54, 1.807) is 12.1 Å². The summed E-state index contributed by atoms with van der Waals surface area (Å²) in [7, 11) is 1.45. The average molecular weight is 315 g/mol. The number of rotatable bonds is 6. The predicted octanol–water partition coefficient (Wildman–Crippen LogP) is 3.26. The molecule has 0 fully saturated rings. The van der Waals surface area contributed by atoms with Gasteiger partial charge in [-0.2, -0.15) is 8.78 Å². The Morgan fingerprint density at radius 2 is 2.05 bits per heavy atom. The molecule has 0 aliphatic carbocycles. The van der Waals surface area contributed by atoms with Crippen molar-refractivity contribution in [2.45, 2.75) is 13.2 Å². The topological polar surface area (TPSA) is 68.7 Å². The summed E-state index contributed by atoms with van der Waals surface area (Å²) in [4.78, 5) is 15.4. The molecule has 0 atom stereocenters. The number of hydrogen-bond donors (Lipinski definition) is 1. The van der Waals surface area contributed by atoms with Gasteiger partial charge in [0.2, 0.25) is 0 Å². The van der Waals surface area contributed by atoms with Crippen LogP contribution < -0.4 is 4.74 Å². The summed E-state index contributed by atoms with van der Waals surface area (Å²) in [5, 5.41) is 9.58. The Labute approximate surface area is 122 Å². The lowest BCUT2D eigenvalue weighted by Crippen LogP contribution is -2.01. The molecule has 2 aromatic rings. The number of thiazole rings is 1. The highest BCUT2D eigenvalue weighted by Crippen LogP contribution is 2.30. The van der Waals surface area contributed by atoms with Crippen LogP contribution in [-0.2, 0) is 11.3 Å². The van der Waals surface area contributed by atoms with Crippen molar-refractivity contribution in [1.82, 2.24) is 4.98 Å². The molecule has 0 radical (unpaired) electrons. The first-order valence-corrected chi connectivity index (χ1v) is 6.60. The summed E-state index contributed by atoms with van der Waals surface area (Å²) in [5.41, 5.74) is 0.948. The molecule has 1 aromatic carbocycles. The molecule has 0 unspecified atom stereocenters. The molecule has 1 N–H and O–H groups in total. The van der Waals surface area contributed by atoms with E-state index in [9.17, 15) is 13.6 Å². The third-order valence-corrected chi connectivity index (χ3v) is 3.63. The fourth-order valence-electron chi connectivity index (χ4n) is 1.66. The highest BCUT2D eigenvalue weighted by atomic mass is 32.1. The van der Waals surface area contributed by atoms with Gasteiger partial charge in [-0.15, -0.1) is 11.3 Å². The summed E-state index contributed by atoms with van der Waals surface area (Å²) in [5.74, 6) is -1.05. The summed E-state index contributed by atoms with van der Waals surface area (Å²) in [6.07, 6.45) is 0. The second kappa shape index (κ2) is 6.59. The van der Waals surface area contributed by atoms with Gasteiger partial charge < -0.3 is 14.6 Å². The third-order valence-electron chi connectivity index (χ3n) is 2.50. The highest BCUT2D eigenvalue weighted by Gasteiger charge is 2.18. The van der Waals surface area contributed by atoms with Crippen molar-refractivity contribution in [3.63, 3.8) is 0 Å². The van der Waals surface area contributed by atoms with Gasteiger partial charge in [0.25, 0.3) is 0 Å². The maximum absolute atomic E-state index is 12.1. The molecule has 0 amide bonds. The quantitative estimate of drug-likeness (QED) is 0.886. The number of aromatic nitrogens is 1. The molecular weight excluding hydrogens is 304 g/mol. The van der Waals surface area contributed by atoms with Crippen LogP contribution in [0.1, 0.15) is 15.4 Å². The van der Waals surface area contributed by atoms with Crippen molar-refractivity contribution in [2.75, 3.05) is 7.11 Å². The Hall–Kier alpha value is -2.06. The van der Waals surface area contributed by atoms with Crippen LogP contribution in [0.4, 0.5) is 8.78 Å². The molecule has 5 nitrogen and oxygen atoms in total. The van der Waals surface area contributed by atoms with E-state index in [4.69, 9.17) is 9.84 Å². The van der Waals surface area contributed by atoms with Gasteiger partial charge >= 0.3 is 12.6 Å². The molecule has 1 heterocycles. The fourth-order valence-corrected chi connectivity index (χ4v) is 2.57. The number of nitrogens with zero attached hydrogens (tertiary/aromatic N) is 1. The van der Waals surface area contributed by atoms with Crippen molar-refractivity contribution in [3.05, 3.63) is 34.8 Å². The normalized spacial score (nSPS) is 10.9. The van der Waals surface area contributed by atoms with Gasteiger partial charge in [-0.25, -0.2) is 9.78 Å². The lowest BCUT2D eigenvalue weighted by atomic mass is 10.2. The Kier molecular flexibility index (Phi) is 4.81. The van der Waals surface area contributed by atoms with Gasteiger partial charge in [-0.3, -0.25) is 0 Å². The number of halogens is 2. The number of methoxy groups -OCH3 is 1. The van der Waals surface area contributed by atoms with Crippen LogP contribution in [0.15, 0.2) is 24.3 Å². The van der Waals surface area contributed by atoms with E-state index in [-0.39, 0.29) is 17.2 Å². The molecular formula is C13H11F2NO4S. The van der Waals surface area contributed by atoms with Crippen LogP contribution >= 0.6 is 11.3 Å². The van der Waals surface area contributed by atoms with E-state index in [1.165, 1.54) is 19.2 Å². The maximum Gasteiger partial charge on any atom is 0.387 e. The van der Waals surface area contributed by atoms with E-state index < -0.39 is 12.6 Å². The number of ether oxygens (including phenoxy) is 2. The maximum atomic E-state index is 12.1. The monoisotopic (exact) mass is 315 g/mol. The first-order valence-electron chi connectivity index (χ1n) is 5.78. The molecule has 0 spiro atoms. The van der Waals surface area contributed by atoms with E-state index in [2.05, 4.69) is 9.72 Å². The van der Waals surface area contributed by atoms with Crippen LogP contribution in [0.5, 0.6) is 5.75 Å². The minimum Gasteiger partial charge on any atom is -0.477 e. The Morgan fingerprint density at radius 1 is 1.38 bits per heavy atom. The largest absolute Gasteiger partial charge is 0.477 e. The minimum absolute atomic E-state index is 0.0286. The molecule has 0 aliphatic rings. The molecule has 0 bridgehead atoms. The zero-order valence-corrected chi connectivity index (χ0v) is 11.7. The first-order chi connectivity index (χ1) is 10.0. The number of hydrogen-bond acceptors (Lipinski definition) is 5. The van der Waals surface area contributed by atoms with Gasteiger partial charge in [0.1, 0.15) is 15.6 Å². The lowest BCUT2D eigenvalue weighted by molar-refractivity contribution is -0.0498. The van der Waals surface area contributed by atoms with Gasteiger partial charge in [0.05, 0.1) is 12.3 Å². The molecule has 0 saturated heterocycles. The second-order valence-electron chi connectivity index (χ2n) is 3.94. The van der Waals surface area contributed by atoms with E-state index in [0.717, 1.165) is 11.3 Å². The third kappa shape index (κ3) is 3.73. The highest BCUT2D eigenvalue weighted by molar-refractivity contribution is 7.17. The number of benzene rings is 1. The number of carbonyl (C=O) groups is 1. The van der Waals surface area contributed by atoms with E-state index >= 15 is 0 Å². The summed E-state index contributed by atoms with van der Waals surface area (Å²) in [6.45, 7) is -2.80. The standard InChI is InChI=1S/C13H11F2NO4S/c1-19-6-9-10(12(17)18)21-11(16-9)7-2-4-8(5-3-7)20-13(14)15/h2-5,13H,6H2,1H3,(H,17,18). The fraction of sp³-hybridized carbons (Fsp3) is 0.231. The van der Waals surface area contributed by atoms with Crippen molar-refractivity contribution >= 4 is 17.3 Å². The minimum atomic E-state index is -2.89. The number of carboxylic acid groups (broad SMARTS) is 1. The SMILES string of the molecule is COCc1nc(-c2ccc(OC(F)F)cc2)sc1C(=O)O. The van der Waals surface area contributed by atoms with Crippen molar-refractivity contribution in [1.29, 1.82) is 0 Å². The van der Waals surface area contributed by atoms with E-state index in [1.807, 2.05) is 0 Å². The summed E-state index contributed by atoms with van der Waals surface area (Å²) in [6, 6.07) is 5.83. The lowest BCUT2D eigenvalue weighted by Gasteiger charge is -2.04. The molecule has 8 heteroatoms. The van der Waals surface area contributed by atoms with Gasteiger partial charge in [0.15, 0.2) is 0 Å². The number of aromatic carboxylic acids is 1. The molecule has 112 valence electrons. The molecule has 0 aliphatic heterocycles. The summed E-state index contributed by atoms with van der Waals surface area (Å²) >= 11 is 1.00. The zero-order valence-electron chi connectivity index (χ0n) is 10.9. The van der Waals surface area contributed by atoms with Gasteiger partial charge in [-0.05, 0) is 24.3 Å². The number of carboxylic acids is 1. The molecule has 21 heavy (non-hydrogen) atoms. The smallest absolute Gasteiger partial charge is 0.387 e. The molecule has 1 aromatic heterocycles. The van der Waals surface area contributed by atoms with Crippen molar-refractivity contribution < 1.29 is 28.2 Å². The average Bonchev–Trinajstić information content (AvgIpc) is 2.83. The van der Waals surface area contributed by atoms with Gasteiger partial charge in [-0.1, -0.05) is 0 Å².